The van der Waals surface area contributed by atoms with Crippen LogP contribution in [-0.2, 0) is 16.4 Å². The number of carbonyl (C=O) groups excluding carboxylic acids is 1. The summed E-state index contributed by atoms with van der Waals surface area (Å²) in [5.41, 5.74) is 3.01. The molecule has 0 aliphatic rings. The van der Waals surface area contributed by atoms with E-state index in [1.54, 1.807) is 18.2 Å². The van der Waals surface area contributed by atoms with E-state index in [0.29, 0.717) is 17.8 Å². The average Bonchev–Trinajstić information content (AvgIpc) is 2.58. The number of hydrogen-bond acceptors (Lipinski definition) is 3. The minimum absolute atomic E-state index is 0.198. The van der Waals surface area contributed by atoms with Gasteiger partial charge >= 0.3 is 0 Å². The van der Waals surface area contributed by atoms with Crippen LogP contribution in [0.15, 0.2) is 48.5 Å². The lowest BCUT2D eigenvalue weighted by molar-refractivity contribution is 0.0953. The number of nitrogens with one attached hydrogen (secondary N) is 1. The standard InChI is InChI=1S/C19H24N2O3S/c1-15-11-12-17(14-18(15)21(2)25(3,23)24)19(22)20-13-7-10-16-8-5-4-6-9-16/h4-6,8-9,11-12,14H,7,10,13H2,1-3H3,(H,20,22). The molecular formula is C19H24N2O3S. The Hall–Kier alpha value is -2.34. The van der Waals surface area contributed by atoms with E-state index in [9.17, 15) is 13.2 Å². The van der Waals surface area contributed by atoms with Gasteiger partial charge in [0.15, 0.2) is 0 Å². The molecule has 0 spiro atoms. The Balaban J connectivity index is 1.97. The maximum Gasteiger partial charge on any atom is 0.251 e. The Bertz CT molecular complexity index is 833. The summed E-state index contributed by atoms with van der Waals surface area (Å²) < 4.78 is 24.7. The van der Waals surface area contributed by atoms with E-state index >= 15 is 0 Å². The van der Waals surface area contributed by atoms with Crippen molar-refractivity contribution in [1.29, 1.82) is 0 Å². The molecule has 2 aromatic carbocycles. The van der Waals surface area contributed by atoms with Gasteiger partial charge in [-0.05, 0) is 43.0 Å². The highest BCUT2D eigenvalue weighted by atomic mass is 32.2. The number of carbonyl (C=O) groups is 1. The van der Waals surface area contributed by atoms with Crippen LogP contribution in [0.3, 0.4) is 0 Å². The van der Waals surface area contributed by atoms with Crippen LogP contribution < -0.4 is 9.62 Å². The number of hydrogen-bond donors (Lipinski definition) is 1. The molecule has 0 heterocycles. The molecule has 0 saturated carbocycles. The molecule has 1 amide bonds. The molecular weight excluding hydrogens is 336 g/mol. The predicted octanol–water partition coefficient (Wildman–Crippen LogP) is 2.75. The van der Waals surface area contributed by atoms with Crippen molar-refractivity contribution in [2.45, 2.75) is 19.8 Å². The Morgan fingerprint density at radius 2 is 1.80 bits per heavy atom. The topological polar surface area (TPSA) is 66.5 Å². The number of amides is 1. The van der Waals surface area contributed by atoms with Crippen molar-refractivity contribution in [1.82, 2.24) is 5.32 Å². The Kier molecular flexibility index (Phi) is 6.20. The van der Waals surface area contributed by atoms with E-state index in [0.717, 1.165) is 24.7 Å². The van der Waals surface area contributed by atoms with Crippen molar-refractivity contribution >= 4 is 21.6 Å². The summed E-state index contributed by atoms with van der Waals surface area (Å²) in [6.45, 7) is 2.39. The molecule has 0 aromatic heterocycles. The molecule has 6 heteroatoms. The lowest BCUT2D eigenvalue weighted by Gasteiger charge is -2.19. The van der Waals surface area contributed by atoms with Crippen molar-refractivity contribution in [3.8, 4) is 0 Å². The molecule has 0 bridgehead atoms. The van der Waals surface area contributed by atoms with Crippen LogP contribution in [0.1, 0.15) is 27.9 Å². The molecule has 5 nitrogen and oxygen atoms in total. The maximum atomic E-state index is 12.3. The summed E-state index contributed by atoms with van der Waals surface area (Å²) in [5, 5.41) is 2.89. The quantitative estimate of drug-likeness (QED) is 0.772. The van der Waals surface area contributed by atoms with E-state index in [4.69, 9.17) is 0 Å². The number of nitrogens with zero attached hydrogens (tertiary/aromatic N) is 1. The zero-order valence-electron chi connectivity index (χ0n) is 14.8. The van der Waals surface area contributed by atoms with Gasteiger partial charge in [0.05, 0.1) is 11.9 Å². The monoisotopic (exact) mass is 360 g/mol. The van der Waals surface area contributed by atoms with Gasteiger partial charge in [0, 0.05) is 19.2 Å². The van der Waals surface area contributed by atoms with Crippen LogP contribution in [0, 0.1) is 6.92 Å². The fourth-order valence-corrected chi connectivity index (χ4v) is 3.06. The summed E-state index contributed by atoms with van der Waals surface area (Å²) in [6, 6.07) is 15.2. The second kappa shape index (κ2) is 8.16. The van der Waals surface area contributed by atoms with Crippen molar-refractivity contribution < 1.29 is 13.2 Å². The Morgan fingerprint density at radius 1 is 1.12 bits per heavy atom. The lowest BCUT2D eigenvalue weighted by atomic mass is 10.1. The normalized spacial score (nSPS) is 11.2. The molecule has 2 rings (SSSR count). The maximum absolute atomic E-state index is 12.3. The summed E-state index contributed by atoms with van der Waals surface area (Å²) in [4.78, 5) is 12.3. The van der Waals surface area contributed by atoms with E-state index in [2.05, 4.69) is 17.4 Å². The SMILES string of the molecule is Cc1ccc(C(=O)NCCCc2ccccc2)cc1N(C)S(C)(=O)=O. The summed E-state index contributed by atoms with van der Waals surface area (Å²) >= 11 is 0. The summed E-state index contributed by atoms with van der Waals surface area (Å²) in [6.07, 6.45) is 2.89. The van der Waals surface area contributed by atoms with Gasteiger partial charge in [-0.3, -0.25) is 9.10 Å². The Labute approximate surface area is 149 Å². The van der Waals surface area contributed by atoms with Crippen LogP contribution in [0.4, 0.5) is 5.69 Å². The zero-order valence-corrected chi connectivity index (χ0v) is 15.6. The number of rotatable bonds is 7. The third-order valence-corrected chi connectivity index (χ3v) is 5.27. The highest BCUT2D eigenvalue weighted by Gasteiger charge is 2.16. The van der Waals surface area contributed by atoms with Gasteiger partial charge in [-0.2, -0.15) is 0 Å². The molecule has 0 radical (unpaired) electrons. The van der Waals surface area contributed by atoms with Crippen LogP contribution in [-0.4, -0.2) is 34.2 Å². The predicted molar refractivity (Wildman–Crippen MR) is 102 cm³/mol. The Morgan fingerprint density at radius 3 is 2.44 bits per heavy atom. The van der Waals surface area contributed by atoms with Gasteiger partial charge in [0.2, 0.25) is 10.0 Å². The van der Waals surface area contributed by atoms with Crippen LogP contribution in [0.5, 0.6) is 0 Å². The van der Waals surface area contributed by atoms with E-state index in [1.165, 1.54) is 16.9 Å². The first-order chi connectivity index (χ1) is 11.8. The molecule has 0 fully saturated rings. The minimum Gasteiger partial charge on any atom is -0.352 e. The molecule has 134 valence electrons. The number of anilines is 1. The van der Waals surface area contributed by atoms with Crippen LogP contribution >= 0.6 is 0 Å². The fraction of sp³-hybridized carbons (Fsp3) is 0.316. The second-order valence-electron chi connectivity index (χ2n) is 6.08. The number of benzene rings is 2. The van der Waals surface area contributed by atoms with Gasteiger partial charge in [-0.15, -0.1) is 0 Å². The third-order valence-electron chi connectivity index (χ3n) is 4.08. The second-order valence-corrected chi connectivity index (χ2v) is 8.09. The molecule has 0 aliphatic heterocycles. The van der Waals surface area contributed by atoms with Crippen LogP contribution in [0.25, 0.3) is 0 Å². The first-order valence-electron chi connectivity index (χ1n) is 8.15. The van der Waals surface area contributed by atoms with Crippen molar-refractivity contribution in [2.75, 3.05) is 24.2 Å². The highest BCUT2D eigenvalue weighted by Crippen LogP contribution is 2.22. The number of sulfonamides is 1. The lowest BCUT2D eigenvalue weighted by Crippen LogP contribution is -2.27. The van der Waals surface area contributed by atoms with Gasteiger partial charge in [0.25, 0.3) is 5.91 Å². The first-order valence-corrected chi connectivity index (χ1v) is 10.0. The van der Waals surface area contributed by atoms with E-state index < -0.39 is 10.0 Å². The van der Waals surface area contributed by atoms with Crippen molar-refractivity contribution in [2.24, 2.45) is 0 Å². The summed E-state index contributed by atoms with van der Waals surface area (Å²) in [7, 11) is -1.89. The molecule has 1 N–H and O–H groups in total. The molecule has 0 atom stereocenters. The molecule has 25 heavy (non-hydrogen) atoms. The zero-order chi connectivity index (χ0) is 18.4. The highest BCUT2D eigenvalue weighted by molar-refractivity contribution is 7.92. The minimum atomic E-state index is -3.37. The molecule has 2 aromatic rings. The molecule has 0 aliphatic carbocycles. The van der Waals surface area contributed by atoms with Gasteiger partial charge < -0.3 is 5.32 Å². The van der Waals surface area contributed by atoms with E-state index in [1.807, 2.05) is 25.1 Å². The largest absolute Gasteiger partial charge is 0.352 e. The fourth-order valence-electron chi connectivity index (χ4n) is 2.51. The van der Waals surface area contributed by atoms with Gasteiger partial charge in [-0.25, -0.2) is 8.42 Å². The van der Waals surface area contributed by atoms with E-state index in [-0.39, 0.29) is 5.91 Å². The molecule has 0 unspecified atom stereocenters. The first kappa shape index (κ1) is 19.0. The number of aryl methyl sites for hydroxylation is 2. The molecule has 0 saturated heterocycles. The summed E-state index contributed by atoms with van der Waals surface area (Å²) in [5.74, 6) is -0.198. The van der Waals surface area contributed by atoms with Gasteiger partial charge in [0.1, 0.15) is 0 Å². The van der Waals surface area contributed by atoms with Gasteiger partial charge in [-0.1, -0.05) is 36.4 Å². The smallest absolute Gasteiger partial charge is 0.251 e. The average molecular weight is 360 g/mol. The third kappa shape index (κ3) is 5.32. The van der Waals surface area contributed by atoms with Crippen molar-refractivity contribution in [3.05, 3.63) is 65.2 Å². The van der Waals surface area contributed by atoms with Crippen LogP contribution in [0.2, 0.25) is 0 Å². The van der Waals surface area contributed by atoms with Crippen molar-refractivity contribution in [3.63, 3.8) is 0 Å².